The van der Waals surface area contributed by atoms with Crippen LogP contribution in [0, 0.1) is 5.92 Å². The topological polar surface area (TPSA) is 35.2 Å². The van der Waals surface area contributed by atoms with Crippen molar-refractivity contribution in [1.29, 1.82) is 0 Å². The van der Waals surface area contributed by atoms with E-state index in [1.807, 2.05) is 6.07 Å². The molecule has 1 atom stereocenters. The molecule has 1 aromatic carbocycles. The van der Waals surface area contributed by atoms with Gasteiger partial charge in [0.2, 0.25) is 0 Å². The van der Waals surface area contributed by atoms with Gasteiger partial charge in [-0.3, -0.25) is 0 Å². The van der Waals surface area contributed by atoms with Crippen LogP contribution in [0.3, 0.4) is 0 Å². The van der Waals surface area contributed by atoms with Gasteiger partial charge in [0.15, 0.2) is 0 Å². The molecule has 90 valence electrons. The van der Waals surface area contributed by atoms with Crippen LogP contribution in [-0.4, -0.2) is 7.11 Å². The highest BCUT2D eigenvalue weighted by Crippen LogP contribution is 2.37. The van der Waals surface area contributed by atoms with Crippen LogP contribution in [0.15, 0.2) is 22.7 Å². The third-order valence-electron chi connectivity index (χ3n) is 3.22. The van der Waals surface area contributed by atoms with Crippen LogP contribution in [0.1, 0.15) is 30.9 Å². The molecule has 1 saturated carbocycles. The summed E-state index contributed by atoms with van der Waals surface area (Å²) in [6.45, 7) is 0. The zero-order valence-corrected chi connectivity index (χ0v) is 11.7. The number of methoxy groups -OCH3 is 1. The van der Waals surface area contributed by atoms with Crippen molar-refractivity contribution in [3.05, 3.63) is 28.2 Å². The highest BCUT2D eigenvalue weighted by atomic mass is 79.9. The maximum Gasteiger partial charge on any atom is 0.133 e. The Balaban J connectivity index is 0.00000128. The van der Waals surface area contributed by atoms with Gasteiger partial charge >= 0.3 is 0 Å². The largest absolute Gasteiger partial charge is 0.496 e. The summed E-state index contributed by atoms with van der Waals surface area (Å²) in [5.41, 5.74) is 7.40. The fraction of sp³-hybridized carbons (Fsp3) is 0.500. The van der Waals surface area contributed by atoms with Crippen LogP contribution in [0.25, 0.3) is 0 Å². The van der Waals surface area contributed by atoms with E-state index in [9.17, 15) is 0 Å². The Labute approximate surface area is 111 Å². The molecule has 2 nitrogen and oxygen atoms in total. The Kier molecular flexibility index (Phi) is 5.09. The van der Waals surface area contributed by atoms with Crippen LogP contribution in [-0.2, 0) is 0 Å². The Hall–Kier alpha value is -0.250. The van der Waals surface area contributed by atoms with Crippen LogP contribution in [0.4, 0.5) is 0 Å². The Morgan fingerprint density at radius 3 is 2.56 bits per heavy atom. The highest BCUT2D eigenvalue weighted by molar-refractivity contribution is 9.10. The molecule has 2 rings (SSSR count). The smallest absolute Gasteiger partial charge is 0.133 e. The second-order valence-electron chi connectivity index (χ2n) is 4.11. The van der Waals surface area contributed by atoms with E-state index in [0.717, 1.165) is 10.2 Å². The Bertz CT molecular complexity index is 355. The molecule has 2 N–H and O–H groups in total. The minimum atomic E-state index is 0. The maximum absolute atomic E-state index is 6.20. The average Bonchev–Trinajstić information content (AvgIpc) is 2.15. The zero-order valence-electron chi connectivity index (χ0n) is 9.28. The summed E-state index contributed by atoms with van der Waals surface area (Å²) < 4.78 is 6.18. The first-order chi connectivity index (χ1) is 7.22. The van der Waals surface area contributed by atoms with Crippen molar-refractivity contribution in [2.24, 2.45) is 11.7 Å². The SMILES string of the molecule is COc1ccc([C@@H](N)C2CCC2)cc1Br.Cl. The molecule has 0 bridgehead atoms. The summed E-state index contributed by atoms with van der Waals surface area (Å²) in [7, 11) is 1.67. The van der Waals surface area contributed by atoms with Gasteiger partial charge in [0.25, 0.3) is 0 Å². The number of hydrogen-bond donors (Lipinski definition) is 1. The molecule has 1 aliphatic rings. The first-order valence-electron chi connectivity index (χ1n) is 5.31. The molecule has 16 heavy (non-hydrogen) atoms. The first-order valence-corrected chi connectivity index (χ1v) is 6.10. The summed E-state index contributed by atoms with van der Waals surface area (Å²) in [5.74, 6) is 1.53. The molecule has 0 unspecified atom stereocenters. The third-order valence-corrected chi connectivity index (χ3v) is 3.84. The normalized spacial score (nSPS) is 17.2. The lowest BCUT2D eigenvalue weighted by Crippen LogP contribution is -2.26. The van der Waals surface area contributed by atoms with E-state index in [1.165, 1.54) is 24.8 Å². The van der Waals surface area contributed by atoms with E-state index in [4.69, 9.17) is 10.5 Å². The van der Waals surface area contributed by atoms with Gasteiger partial charge in [-0.1, -0.05) is 12.5 Å². The lowest BCUT2D eigenvalue weighted by molar-refractivity contribution is 0.264. The van der Waals surface area contributed by atoms with E-state index in [0.29, 0.717) is 5.92 Å². The third kappa shape index (κ3) is 2.70. The molecule has 1 fully saturated rings. The van der Waals surface area contributed by atoms with Gasteiger partial charge in [0.1, 0.15) is 5.75 Å². The fourth-order valence-corrected chi connectivity index (χ4v) is 2.52. The quantitative estimate of drug-likeness (QED) is 0.924. The van der Waals surface area contributed by atoms with Crippen molar-refractivity contribution in [2.45, 2.75) is 25.3 Å². The summed E-state index contributed by atoms with van der Waals surface area (Å²) in [5, 5.41) is 0. The van der Waals surface area contributed by atoms with Gasteiger partial charge < -0.3 is 10.5 Å². The van der Waals surface area contributed by atoms with Crippen molar-refractivity contribution < 1.29 is 4.74 Å². The minimum Gasteiger partial charge on any atom is -0.496 e. The van der Waals surface area contributed by atoms with Gasteiger partial charge in [-0.25, -0.2) is 0 Å². The molecule has 0 radical (unpaired) electrons. The summed E-state index contributed by atoms with van der Waals surface area (Å²) >= 11 is 3.48. The van der Waals surface area contributed by atoms with Crippen LogP contribution < -0.4 is 10.5 Å². The predicted octanol–water partition coefficient (Wildman–Crippen LogP) is 3.68. The fourth-order valence-electron chi connectivity index (χ4n) is 1.96. The number of halogens is 2. The van der Waals surface area contributed by atoms with E-state index in [2.05, 4.69) is 28.1 Å². The van der Waals surface area contributed by atoms with Crippen LogP contribution in [0.2, 0.25) is 0 Å². The molecule has 0 spiro atoms. The summed E-state index contributed by atoms with van der Waals surface area (Å²) in [6.07, 6.45) is 3.87. The molecule has 1 aliphatic carbocycles. The van der Waals surface area contributed by atoms with E-state index in [-0.39, 0.29) is 18.4 Å². The van der Waals surface area contributed by atoms with Crippen molar-refractivity contribution >= 4 is 28.3 Å². The monoisotopic (exact) mass is 305 g/mol. The lowest BCUT2D eigenvalue weighted by atomic mass is 9.77. The Morgan fingerprint density at radius 1 is 1.44 bits per heavy atom. The van der Waals surface area contributed by atoms with E-state index < -0.39 is 0 Å². The summed E-state index contributed by atoms with van der Waals surface area (Å²) in [6, 6.07) is 6.28. The number of hydrogen-bond acceptors (Lipinski definition) is 2. The van der Waals surface area contributed by atoms with Gasteiger partial charge in [0, 0.05) is 6.04 Å². The van der Waals surface area contributed by atoms with E-state index >= 15 is 0 Å². The molecule has 4 heteroatoms. The average molecular weight is 307 g/mol. The first kappa shape index (κ1) is 13.8. The molecule has 0 heterocycles. The molecule has 0 aliphatic heterocycles. The molecule has 0 aromatic heterocycles. The van der Waals surface area contributed by atoms with Gasteiger partial charge in [0.05, 0.1) is 11.6 Å². The van der Waals surface area contributed by atoms with Gasteiger partial charge in [-0.15, -0.1) is 12.4 Å². The molecular formula is C12H17BrClNO. The second-order valence-corrected chi connectivity index (χ2v) is 4.97. The molecular weight excluding hydrogens is 289 g/mol. The highest BCUT2D eigenvalue weighted by Gasteiger charge is 2.25. The number of ether oxygens (including phenoxy) is 1. The van der Waals surface area contributed by atoms with E-state index in [1.54, 1.807) is 7.11 Å². The lowest BCUT2D eigenvalue weighted by Gasteiger charge is -2.31. The summed E-state index contributed by atoms with van der Waals surface area (Å²) in [4.78, 5) is 0. The number of rotatable bonds is 3. The molecule has 0 saturated heterocycles. The van der Waals surface area contributed by atoms with Crippen LogP contribution in [0.5, 0.6) is 5.75 Å². The zero-order chi connectivity index (χ0) is 10.8. The van der Waals surface area contributed by atoms with Gasteiger partial charge in [-0.2, -0.15) is 0 Å². The second kappa shape index (κ2) is 5.89. The Morgan fingerprint density at radius 2 is 2.12 bits per heavy atom. The van der Waals surface area contributed by atoms with Crippen molar-refractivity contribution in [2.75, 3.05) is 7.11 Å². The number of benzene rings is 1. The van der Waals surface area contributed by atoms with Gasteiger partial charge in [-0.05, 0) is 52.4 Å². The molecule has 1 aromatic rings. The minimum absolute atomic E-state index is 0. The van der Waals surface area contributed by atoms with Crippen molar-refractivity contribution in [3.63, 3.8) is 0 Å². The molecule has 0 amide bonds. The van der Waals surface area contributed by atoms with Crippen LogP contribution >= 0.6 is 28.3 Å². The predicted molar refractivity (Wildman–Crippen MR) is 72.2 cm³/mol. The van der Waals surface area contributed by atoms with Crippen molar-refractivity contribution in [1.82, 2.24) is 0 Å². The van der Waals surface area contributed by atoms with Crippen molar-refractivity contribution in [3.8, 4) is 5.75 Å². The maximum atomic E-state index is 6.20. The number of nitrogens with two attached hydrogens (primary N) is 1. The standard InChI is InChI=1S/C12H16BrNO.ClH/c1-15-11-6-5-9(7-10(11)13)12(14)8-3-2-4-8;/h5-8,12H,2-4,14H2,1H3;1H/t12-;/m0./s1.